The van der Waals surface area contributed by atoms with Crippen molar-refractivity contribution in [3.05, 3.63) is 13.3 Å². The van der Waals surface area contributed by atoms with E-state index in [2.05, 4.69) is 11.9 Å². The summed E-state index contributed by atoms with van der Waals surface area (Å²) in [6.45, 7) is 4.30. The Balaban J connectivity index is 2.86. The molecule has 0 saturated carbocycles. The molecular formula is C10H17NO. The van der Waals surface area contributed by atoms with Crippen molar-refractivity contribution in [1.82, 2.24) is 0 Å². The Morgan fingerprint density at radius 2 is 2.00 bits per heavy atom. The van der Waals surface area contributed by atoms with Gasteiger partial charge < -0.3 is 0 Å². The van der Waals surface area contributed by atoms with Gasteiger partial charge >= 0.3 is 0 Å². The second-order valence-electron chi connectivity index (χ2n) is 2.78. The molecule has 0 N–H and O–H groups in total. The molecule has 68 valence electrons. The Morgan fingerprint density at radius 3 is 2.67 bits per heavy atom. The molecule has 0 spiro atoms. The van der Waals surface area contributed by atoms with Crippen LogP contribution in [-0.4, -0.2) is 12.6 Å². The SMILES string of the molecule is [CH2]CCCCCC[CH]CN=C=O. The Morgan fingerprint density at radius 1 is 1.25 bits per heavy atom. The number of isocyanates is 1. The lowest BCUT2D eigenvalue weighted by molar-refractivity contribution is 0.563. The molecule has 0 saturated heterocycles. The molecule has 0 aromatic carbocycles. The Kier molecular flexibility index (Phi) is 9.84. The van der Waals surface area contributed by atoms with Crippen molar-refractivity contribution >= 4 is 6.08 Å². The van der Waals surface area contributed by atoms with E-state index in [0.717, 1.165) is 12.8 Å². The van der Waals surface area contributed by atoms with Gasteiger partial charge in [-0.05, 0) is 12.8 Å². The van der Waals surface area contributed by atoms with Crippen LogP contribution >= 0.6 is 0 Å². The van der Waals surface area contributed by atoms with Gasteiger partial charge in [0.05, 0.1) is 6.54 Å². The van der Waals surface area contributed by atoms with Crippen molar-refractivity contribution in [1.29, 1.82) is 0 Å². The molecule has 12 heavy (non-hydrogen) atoms. The van der Waals surface area contributed by atoms with E-state index in [0.29, 0.717) is 6.54 Å². The lowest BCUT2D eigenvalue weighted by atomic mass is 10.1. The zero-order valence-corrected chi connectivity index (χ0v) is 7.59. The first-order valence-corrected chi connectivity index (χ1v) is 4.56. The average molecular weight is 167 g/mol. The zero-order valence-electron chi connectivity index (χ0n) is 7.59. The lowest BCUT2D eigenvalue weighted by Gasteiger charge is -1.97. The predicted octanol–water partition coefficient (Wildman–Crippen LogP) is 2.70. The van der Waals surface area contributed by atoms with E-state index < -0.39 is 0 Å². The third-order valence-electron chi connectivity index (χ3n) is 1.69. The molecule has 2 nitrogen and oxygen atoms in total. The van der Waals surface area contributed by atoms with E-state index in [4.69, 9.17) is 0 Å². The van der Waals surface area contributed by atoms with Crippen LogP contribution in [0.3, 0.4) is 0 Å². The van der Waals surface area contributed by atoms with Crippen molar-refractivity contribution in [3.8, 4) is 0 Å². The summed E-state index contributed by atoms with van der Waals surface area (Å²) >= 11 is 0. The molecule has 0 bridgehead atoms. The van der Waals surface area contributed by atoms with Crippen molar-refractivity contribution in [2.45, 2.75) is 38.5 Å². The van der Waals surface area contributed by atoms with E-state index in [-0.39, 0.29) is 0 Å². The number of rotatable bonds is 8. The quantitative estimate of drug-likeness (QED) is 0.310. The van der Waals surface area contributed by atoms with E-state index in [9.17, 15) is 4.79 Å². The fourth-order valence-electron chi connectivity index (χ4n) is 1.01. The largest absolute Gasteiger partial charge is 0.234 e. The molecule has 0 amide bonds. The number of carbonyl (C=O) groups excluding carboxylic acids is 1. The van der Waals surface area contributed by atoms with Crippen LogP contribution in [0, 0.1) is 13.3 Å². The summed E-state index contributed by atoms with van der Waals surface area (Å²) in [4.78, 5) is 13.1. The predicted molar refractivity (Wildman–Crippen MR) is 50.3 cm³/mol. The summed E-state index contributed by atoms with van der Waals surface area (Å²) in [6, 6.07) is 0. The van der Waals surface area contributed by atoms with Gasteiger partial charge in [0.2, 0.25) is 6.08 Å². The van der Waals surface area contributed by atoms with Crippen molar-refractivity contribution in [2.24, 2.45) is 4.99 Å². The minimum absolute atomic E-state index is 0.527. The molecule has 2 radical (unpaired) electrons. The minimum Gasteiger partial charge on any atom is -0.211 e. The van der Waals surface area contributed by atoms with Gasteiger partial charge in [-0.3, -0.25) is 0 Å². The number of hydrogen-bond donors (Lipinski definition) is 0. The zero-order chi connectivity index (χ0) is 9.07. The first-order chi connectivity index (χ1) is 5.91. The fourth-order valence-corrected chi connectivity index (χ4v) is 1.01. The lowest BCUT2D eigenvalue weighted by Crippen LogP contribution is -1.83. The van der Waals surface area contributed by atoms with Crippen LogP contribution in [0.5, 0.6) is 0 Å². The number of aliphatic imine (C=N–C) groups is 1. The number of unbranched alkanes of at least 4 members (excludes halogenated alkanes) is 6. The normalized spacial score (nSPS) is 9.42. The fraction of sp³-hybridized carbons (Fsp3) is 0.700. The van der Waals surface area contributed by atoms with Gasteiger partial charge in [0.25, 0.3) is 0 Å². The highest BCUT2D eigenvalue weighted by molar-refractivity contribution is 5.32. The van der Waals surface area contributed by atoms with E-state index in [1.54, 1.807) is 0 Å². The maximum Gasteiger partial charge on any atom is 0.234 e. The summed E-state index contributed by atoms with van der Waals surface area (Å²) < 4.78 is 0. The van der Waals surface area contributed by atoms with Gasteiger partial charge in [-0.1, -0.05) is 39.0 Å². The Hall–Kier alpha value is -0.620. The molecular weight excluding hydrogens is 150 g/mol. The van der Waals surface area contributed by atoms with Crippen molar-refractivity contribution in [2.75, 3.05) is 6.54 Å². The smallest absolute Gasteiger partial charge is 0.211 e. The highest BCUT2D eigenvalue weighted by Crippen LogP contribution is 2.05. The molecule has 0 unspecified atom stereocenters. The first-order valence-electron chi connectivity index (χ1n) is 4.56. The topological polar surface area (TPSA) is 29.4 Å². The summed E-state index contributed by atoms with van der Waals surface area (Å²) in [5.41, 5.74) is 0. The molecule has 0 aromatic rings. The van der Waals surface area contributed by atoms with Gasteiger partial charge in [-0.2, -0.15) is 0 Å². The molecule has 0 fully saturated rings. The number of hydrogen-bond acceptors (Lipinski definition) is 2. The van der Waals surface area contributed by atoms with Crippen LogP contribution in [0.2, 0.25) is 0 Å². The molecule has 0 aromatic heterocycles. The Labute approximate surface area is 75.1 Å². The van der Waals surface area contributed by atoms with Crippen molar-refractivity contribution in [3.63, 3.8) is 0 Å². The van der Waals surface area contributed by atoms with E-state index >= 15 is 0 Å². The van der Waals surface area contributed by atoms with Gasteiger partial charge in [0.15, 0.2) is 0 Å². The molecule has 0 atom stereocenters. The van der Waals surface area contributed by atoms with Crippen LogP contribution in [0.25, 0.3) is 0 Å². The highest BCUT2D eigenvalue weighted by Gasteiger charge is 1.89. The summed E-state index contributed by atoms with van der Waals surface area (Å²) in [7, 11) is 0. The van der Waals surface area contributed by atoms with Crippen LogP contribution in [0.1, 0.15) is 38.5 Å². The first kappa shape index (κ1) is 11.4. The van der Waals surface area contributed by atoms with Gasteiger partial charge in [0, 0.05) is 0 Å². The third-order valence-corrected chi connectivity index (χ3v) is 1.69. The van der Waals surface area contributed by atoms with Crippen LogP contribution in [0.15, 0.2) is 4.99 Å². The maximum atomic E-state index is 9.66. The van der Waals surface area contributed by atoms with Gasteiger partial charge in [-0.25, -0.2) is 9.79 Å². The van der Waals surface area contributed by atoms with Crippen LogP contribution in [0.4, 0.5) is 0 Å². The summed E-state index contributed by atoms with van der Waals surface area (Å²) in [5.74, 6) is 0. The minimum atomic E-state index is 0.527. The van der Waals surface area contributed by atoms with Gasteiger partial charge in [0.1, 0.15) is 0 Å². The standard InChI is InChI=1S/C10H17NO/c1-2-3-4-5-6-7-8-9-11-10-12/h8H,1-7,9H2. The number of nitrogens with zero attached hydrogens (tertiary/aromatic N) is 1. The molecule has 0 rings (SSSR count). The average Bonchev–Trinajstić information content (AvgIpc) is 2.10. The second kappa shape index (κ2) is 10.4. The van der Waals surface area contributed by atoms with Crippen molar-refractivity contribution < 1.29 is 4.79 Å². The van der Waals surface area contributed by atoms with Gasteiger partial charge in [-0.15, -0.1) is 0 Å². The monoisotopic (exact) mass is 167 g/mol. The van der Waals surface area contributed by atoms with E-state index in [1.165, 1.54) is 31.8 Å². The third kappa shape index (κ3) is 9.38. The molecule has 0 aliphatic rings. The molecule has 0 aliphatic carbocycles. The maximum absolute atomic E-state index is 9.66. The second-order valence-corrected chi connectivity index (χ2v) is 2.78. The molecule has 2 heteroatoms. The molecule has 0 heterocycles. The van der Waals surface area contributed by atoms with Crippen LogP contribution in [-0.2, 0) is 4.79 Å². The molecule has 0 aliphatic heterocycles. The Bertz CT molecular complexity index is 128. The highest BCUT2D eigenvalue weighted by atomic mass is 16.1. The van der Waals surface area contributed by atoms with Crippen LogP contribution < -0.4 is 0 Å². The van der Waals surface area contributed by atoms with E-state index in [1.807, 2.05) is 6.42 Å². The summed E-state index contributed by atoms with van der Waals surface area (Å²) in [6.07, 6.45) is 10.6. The summed E-state index contributed by atoms with van der Waals surface area (Å²) in [5, 5.41) is 0.